The average Bonchev–Trinajstić information content (AvgIpc) is 2.30. The highest BCUT2D eigenvalue weighted by Crippen LogP contribution is 2.20. The second-order valence-electron chi connectivity index (χ2n) is 4.79. The zero-order valence-electron chi connectivity index (χ0n) is 9.89. The number of nitrogens with zero attached hydrogens (tertiary/aromatic N) is 1. The molecule has 0 saturated heterocycles. The summed E-state index contributed by atoms with van der Waals surface area (Å²) in [5.74, 6) is 0. The van der Waals surface area contributed by atoms with Crippen LogP contribution in [-0.2, 0) is 0 Å². The molecule has 1 aromatic rings. The molecule has 3 atom stereocenters. The molecular weight excluding hydrogens is 198 g/mol. The van der Waals surface area contributed by atoms with Gasteiger partial charge in [0.25, 0.3) is 0 Å². The first-order chi connectivity index (χ1) is 7.75. The highest BCUT2D eigenvalue weighted by molar-refractivity contribution is 5.14. The summed E-state index contributed by atoms with van der Waals surface area (Å²) in [6, 6.07) is 5.49. The summed E-state index contributed by atoms with van der Waals surface area (Å²) in [7, 11) is 0. The largest absolute Gasteiger partial charge is 0.328 e. The smallest absolute Gasteiger partial charge is 0.0295 e. The Hall–Kier alpha value is -0.930. The lowest BCUT2D eigenvalue weighted by molar-refractivity contribution is 0.319. The van der Waals surface area contributed by atoms with Gasteiger partial charge in [-0.1, -0.05) is 6.42 Å². The lowest BCUT2D eigenvalue weighted by Crippen LogP contribution is -2.40. The van der Waals surface area contributed by atoms with Gasteiger partial charge in [-0.3, -0.25) is 4.98 Å². The van der Waals surface area contributed by atoms with Gasteiger partial charge in [-0.15, -0.1) is 0 Å². The minimum Gasteiger partial charge on any atom is -0.328 e. The summed E-state index contributed by atoms with van der Waals surface area (Å²) in [5.41, 5.74) is 7.29. The Kier molecular flexibility index (Phi) is 3.91. The standard InChI is InChI=1S/C13H21N3/c1-10(11-5-7-15-8-6-11)16-13-4-2-3-12(14)9-13/h5-8,10,12-13,16H,2-4,9,14H2,1H3. The molecule has 1 heterocycles. The molecule has 3 heteroatoms. The van der Waals surface area contributed by atoms with E-state index in [2.05, 4.69) is 29.4 Å². The number of hydrogen-bond donors (Lipinski definition) is 2. The third kappa shape index (κ3) is 3.03. The minimum absolute atomic E-state index is 0.385. The summed E-state index contributed by atoms with van der Waals surface area (Å²) in [6.45, 7) is 2.20. The number of nitrogens with two attached hydrogens (primary N) is 1. The van der Waals surface area contributed by atoms with Crippen LogP contribution in [-0.4, -0.2) is 17.1 Å². The van der Waals surface area contributed by atoms with Crippen LogP contribution in [0.2, 0.25) is 0 Å². The fourth-order valence-corrected chi connectivity index (χ4v) is 2.48. The highest BCUT2D eigenvalue weighted by atomic mass is 15.0. The zero-order valence-corrected chi connectivity index (χ0v) is 9.89. The van der Waals surface area contributed by atoms with Crippen LogP contribution in [0, 0.1) is 0 Å². The summed E-state index contributed by atoms with van der Waals surface area (Å²) < 4.78 is 0. The maximum Gasteiger partial charge on any atom is 0.0295 e. The minimum atomic E-state index is 0.385. The normalized spacial score (nSPS) is 27.6. The van der Waals surface area contributed by atoms with Crippen LogP contribution in [0.25, 0.3) is 0 Å². The average molecular weight is 219 g/mol. The monoisotopic (exact) mass is 219 g/mol. The number of pyridine rings is 1. The van der Waals surface area contributed by atoms with E-state index in [0.717, 1.165) is 6.42 Å². The molecule has 2 rings (SSSR count). The molecule has 0 radical (unpaired) electrons. The third-order valence-electron chi connectivity index (χ3n) is 3.41. The Morgan fingerprint density at radius 1 is 1.38 bits per heavy atom. The van der Waals surface area contributed by atoms with E-state index >= 15 is 0 Å². The third-order valence-corrected chi connectivity index (χ3v) is 3.41. The van der Waals surface area contributed by atoms with Crippen LogP contribution >= 0.6 is 0 Å². The van der Waals surface area contributed by atoms with E-state index in [9.17, 15) is 0 Å². The molecule has 1 aromatic heterocycles. The van der Waals surface area contributed by atoms with Gasteiger partial charge in [-0.2, -0.15) is 0 Å². The molecule has 3 nitrogen and oxygen atoms in total. The van der Waals surface area contributed by atoms with Crippen LogP contribution in [0.15, 0.2) is 24.5 Å². The van der Waals surface area contributed by atoms with Gasteiger partial charge in [0, 0.05) is 30.5 Å². The first-order valence-corrected chi connectivity index (χ1v) is 6.17. The lowest BCUT2D eigenvalue weighted by atomic mass is 9.91. The molecule has 1 saturated carbocycles. The van der Waals surface area contributed by atoms with Crippen LogP contribution in [0.3, 0.4) is 0 Å². The van der Waals surface area contributed by atoms with Crippen LogP contribution in [0.4, 0.5) is 0 Å². The lowest BCUT2D eigenvalue weighted by Gasteiger charge is -2.30. The first kappa shape index (κ1) is 11.6. The van der Waals surface area contributed by atoms with Crippen molar-refractivity contribution in [1.82, 2.24) is 10.3 Å². The molecule has 3 unspecified atom stereocenters. The van der Waals surface area contributed by atoms with E-state index in [-0.39, 0.29) is 0 Å². The predicted molar refractivity (Wildman–Crippen MR) is 66.0 cm³/mol. The Labute approximate surface area is 97.5 Å². The molecule has 0 aromatic carbocycles. The van der Waals surface area contributed by atoms with Crippen molar-refractivity contribution in [1.29, 1.82) is 0 Å². The fraction of sp³-hybridized carbons (Fsp3) is 0.615. The highest BCUT2D eigenvalue weighted by Gasteiger charge is 2.20. The Morgan fingerprint density at radius 3 is 2.81 bits per heavy atom. The number of nitrogens with one attached hydrogen (secondary N) is 1. The molecule has 0 amide bonds. The van der Waals surface area contributed by atoms with Gasteiger partial charge in [0.15, 0.2) is 0 Å². The van der Waals surface area contributed by atoms with Crippen molar-refractivity contribution >= 4 is 0 Å². The molecule has 88 valence electrons. The van der Waals surface area contributed by atoms with Gasteiger partial charge in [-0.25, -0.2) is 0 Å². The van der Waals surface area contributed by atoms with Gasteiger partial charge < -0.3 is 11.1 Å². The van der Waals surface area contributed by atoms with E-state index < -0.39 is 0 Å². The molecule has 3 N–H and O–H groups in total. The van der Waals surface area contributed by atoms with E-state index in [1.54, 1.807) is 0 Å². The molecule has 1 aliphatic rings. The molecule has 0 bridgehead atoms. The quantitative estimate of drug-likeness (QED) is 0.817. The maximum absolute atomic E-state index is 5.99. The van der Waals surface area contributed by atoms with Gasteiger partial charge in [0.05, 0.1) is 0 Å². The van der Waals surface area contributed by atoms with Crippen molar-refractivity contribution in [2.75, 3.05) is 0 Å². The van der Waals surface area contributed by atoms with Gasteiger partial charge in [0.1, 0.15) is 0 Å². The molecular formula is C13H21N3. The van der Waals surface area contributed by atoms with Crippen molar-refractivity contribution in [2.24, 2.45) is 5.73 Å². The van der Waals surface area contributed by atoms with Gasteiger partial charge in [0.2, 0.25) is 0 Å². The fourth-order valence-electron chi connectivity index (χ4n) is 2.48. The van der Waals surface area contributed by atoms with Crippen molar-refractivity contribution in [2.45, 2.75) is 50.7 Å². The molecule has 0 aliphatic heterocycles. The van der Waals surface area contributed by atoms with Crippen molar-refractivity contribution in [3.05, 3.63) is 30.1 Å². The second kappa shape index (κ2) is 5.41. The topological polar surface area (TPSA) is 50.9 Å². The van der Waals surface area contributed by atoms with Crippen molar-refractivity contribution in [3.8, 4) is 0 Å². The van der Waals surface area contributed by atoms with Crippen LogP contribution < -0.4 is 11.1 Å². The van der Waals surface area contributed by atoms with E-state index in [1.807, 2.05) is 12.4 Å². The van der Waals surface area contributed by atoms with Crippen molar-refractivity contribution < 1.29 is 0 Å². The van der Waals surface area contributed by atoms with Crippen LogP contribution in [0.1, 0.15) is 44.2 Å². The number of rotatable bonds is 3. The van der Waals surface area contributed by atoms with E-state index in [0.29, 0.717) is 18.1 Å². The Bertz CT molecular complexity index is 312. The van der Waals surface area contributed by atoms with Gasteiger partial charge >= 0.3 is 0 Å². The van der Waals surface area contributed by atoms with E-state index in [1.165, 1.54) is 24.8 Å². The summed E-state index contributed by atoms with van der Waals surface area (Å²) in [6.07, 6.45) is 8.49. The predicted octanol–water partition coefficient (Wildman–Crippen LogP) is 2.00. The Balaban J connectivity index is 1.89. The van der Waals surface area contributed by atoms with Crippen molar-refractivity contribution in [3.63, 3.8) is 0 Å². The summed E-state index contributed by atoms with van der Waals surface area (Å²) in [4.78, 5) is 4.04. The number of hydrogen-bond acceptors (Lipinski definition) is 3. The molecule has 1 aliphatic carbocycles. The molecule has 1 fully saturated rings. The zero-order chi connectivity index (χ0) is 11.4. The molecule has 0 spiro atoms. The first-order valence-electron chi connectivity index (χ1n) is 6.17. The van der Waals surface area contributed by atoms with Gasteiger partial charge in [-0.05, 0) is 43.9 Å². The number of aromatic nitrogens is 1. The second-order valence-corrected chi connectivity index (χ2v) is 4.79. The summed E-state index contributed by atoms with van der Waals surface area (Å²) in [5, 5.41) is 3.66. The maximum atomic E-state index is 5.99. The Morgan fingerprint density at radius 2 is 2.12 bits per heavy atom. The molecule has 16 heavy (non-hydrogen) atoms. The van der Waals surface area contributed by atoms with Crippen LogP contribution in [0.5, 0.6) is 0 Å². The summed E-state index contributed by atoms with van der Waals surface area (Å²) >= 11 is 0. The van der Waals surface area contributed by atoms with E-state index in [4.69, 9.17) is 5.73 Å². The SMILES string of the molecule is CC(NC1CCCC(N)C1)c1ccncc1.